The normalized spacial score (nSPS) is 12.2. The quantitative estimate of drug-likeness (QED) is 0.0280. The van der Waals surface area contributed by atoms with E-state index in [9.17, 15) is 14.4 Å². The molecule has 9 heteroatoms. The minimum atomic E-state index is -0.899. The van der Waals surface area contributed by atoms with Gasteiger partial charge in [0, 0.05) is 0 Å². The van der Waals surface area contributed by atoms with Gasteiger partial charge in [0.25, 0.3) is 0 Å². The van der Waals surface area contributed by atoms with E-state index in [0.717, 1.165) is 49.7 Å². The maximum atomic E-state index is 12.9. The summed E-state index contributed by atoms with van der Waals surface area (Å²) in [6.07, 6.45) is 33.8. The van der Waals surface area contributed by atoms with Crippen LogP contribution in [0, 0.1) is 13.8 Å². The Morgan fingerprint density at radius 2 is 0.645 bits per heavy atom. The average molecular weight is 867 g/mol. The summed E-state index contributed by atoms with van der Waals surface area (Å²) in [6, 6.07) is 14.1. The SMILES string of the molecule is CCCCCCCCCCCCCCCCC(COC(=O)OCC(CCCCCCCCCCCCCCCC)OOC(=O)c1ccc(C)cc1)OOC(=O)c1ccc(C)cc1. The van der Waals surface area contributed by atoms with Crippen LogP contribution in [0.3, 0.4) is 0 Å². The Balaban J connectivity index is 1.79. The van der Waals surface area contributed by atoms with Gasteiger partial charge in [0.15, 0.2) is 0 Å². The Morgan fingerprint density at radius 1 is 0.387 bits per heavy atom. The van der Waals surface area contributed by atoms with Gasteiger partial charge in [0.05, 0.1) is 11.1 Å². The van der Waals surface area contributed by atoms with Crippen molar-refractivity contribution in [3.63, 3.8) is 0 Å². The molecule has 2 rings (SSSR count). The number of benzene rings is 2. The first-order chi connectivity index (χ1) is 30.3. The van der Waals surface area contributed by atoms with E-state index in [0.29, 0.717) is 24.0 Å². The van der Waals surface area contributed by atoms with Gasteiger partial charge < -0.3 is 9.47 Å². The van der Waals surface area contributed by atoms with Crippen LogP contribution in [0.2, 0.25) is 0 Å². The Kier molecular flexibility index (Phi) is 33.6. The van der Waals surface area contributed by atoms with Crippen molar-refractivity contribution >= 4 is 18.1 Å². The molecule has 0 aromatic heterocycles. The number of aryl methyl sites for hydroxylation is 2. The molecule has 2 aromatic rings. The fourth-order valence-electron chi connectivity index (χ4n) is 7.51. The maximum absolute atomic E-state index is 12.9. The fraction of sp³-hybridized carbons (Fsp3) is 0.717. The molecular weight excluding hydrogens is 781 g/mol. The molecule has 0 fully saturated rings. The molecule has 2 unspecified atom stereocenters. The Morgan fingerprint density at radius 3 is 0.919 bits per heavy atom. The summed E-state index contributed by atoms with van der Waals surface area (Å²) in [7, 11) is 0. The molecule has 2 atom stereocenters. The molecule has 62 heavy (non-hydrogen) atoms. The number of carbonyl (C=O) groups is 3. The molecule has 0 aliphatic heterocycles. The second-order valence-corrected chi connectivity index (χ2v) is 17.6. The molecule has 0 aliphatic carbocycles. The summed E-state index contributed by atoms with van der Waals surface area (Å²) < 4.78 is 10.9. The van der Waals surface area contributed by atoms with Gasteiger partial charge in [-0.1, -0.05) is 229 Å². The van der Waals surface area contributed by atoms with Gasteiger partial charge in [0.2, 0.25) is 0 Å². The van der Waals surface area contributed by atoms with Crippen LogP contribution in [0.1, 0.15) is 238 Å². The third-order valence-corrected chi connectivity index (χ3v) is 11.6. The summed E-state index contributed by atoms with van der Waals surface area (Å²) in [5.74, 6) is -1.22. The number of carbonyl (C=O) groups excluding carboxylic acids is 3. The lowest BCUT2D eigenvalue weighted by molar-refractivity contribution is -0.285. The minimum absolute atomic E-state index is 0.147. The lowest BCUT2D eigenvalue weighted by Gasteiger charge is -2.18. The van der Waals surface area contributed by atoms with Crippen molar-refractivity contribution < 1.29 is 43.4 Å². The summed E-state index contributed by atoms with van der Waals surface area (Å²) >= 11 is 0. The summed E-state index contributed by atoms with van der Waals surface area (Å²) in [6.45, 7) is 8.12. The van der Waals surface area contributed by atoms with Crippen LogP contribution in [0.5, 0.6) is 0 Å². The zero-order valence-corrected chi connectivity index (χ0v) is 39.6. The zero-order chi connectivity index (χ0) is 44.7. The van der Waals surface area contributed by atoms with Crippen LogP contribution in [0.4, 0.5) is 4.79 Å². The zero-order valence-electron chi connectivity index (χ0n) is 39.6. The molecule has 0 aliphatic rings. The third-order valence-electron chi connectivity index (χ3n) is 11.6. The molecule has 352 valence electrons. The molecule has 0 bridgehead atoms. The van der Waals surface area contributed by atoms with E-state index in [1.807, 2.05) is 38.1 Å². The van der Waals surface area contributed by atoms with Crippen LogP contribution in [-0.4, -0.2) is 43.5 Å². The van der Waals surface area contributed by atoms with Crippen molar-refractivity contribution in [1.82, 2.24) is 0 Å². The number of rotatable bonds is 40. The molecule has 0 amide bonds. The van der Waals surface area contributed by atoms with E-state index >= 15 is 0 Å². The second-order valence-electron chi connectivity index (χ2n) is 17.6. The fourth-order valence-corrected chi connectivity index (χ4v) is 7.51. The van der Waals surface area contributed by atoms with E-state index in [1.165, 1.54) is 141 Å². The van der Waals surface area contributed by atoms with Gasteiger partial charge >= 0.3 is 18.1 Å². The highest BCUT2D eigenvalue weighted by molar-refractivity contribution is 5.89. The van der Waals surface area contributed by atoms with Gasteiger partial charge in [-0.15, -0.1) is 0 Å². The van der Waals surface area contributed by atoms with E-state index < -0.39 is 30.3 Å². The van der Waals surface area contributed by atoms with Crippen LogP contribution in [0.15, 0.2) is 48.5 Å². The highest BCUT2D eigenvalue weighted by Crippen LogP contribution is 2.18. The van der Waals surface area contributed by atoms with Gasteiger partial charge in [-0.25, -0.2) is 14.4 Å². The largest absolute Gasteiger partial charge is 0.508 e. The van der Waals surface area contributed by atoms with Crippen molar-refractivity contribution in [2.45, 2.75) is 233 Å². The first-order valence-corrected chi connectivity index (χ1v) is 25.0. The average Bonchev–Trinajstić information content (AvgIpc) is 3.28. The molecule has 0 heterocycles. The summed E-state index contributed by atoms with van der Waals surface area (Å²) in [4.78, 5) is 59.8. The number of hydrogen-bond acceptors (Lipinski definition) is 9. The Hall–Kier alpha value is -3.43. The minimum Gasteiger partial charge on any atom is -0.431 e. The summed E-state index contributed by atoms with van der Waals surface area (Å²) in [5.41, 5.74) is 2.81. The summed E-state index contributed by atoms with van der Waals surface area (Å²) in [5, 5.41) is 0. The van der Waals surface area contributed by atoms with Crippen molar-refractivity contribution in [2.24, 2.45) is 0 Å². The van der Waals surface area contributed by atoms with Gasteiger partial charge in [-0.3, -0.25) is 9.78 Å². The highest BCUT2D eigenvalue weighted by atomic mass is 17.2. The monoisotopic (exact) mass is 867 g/mol. The third kappa shape index (κ3) is 29.8. The van der Waals surface area contributed by atoms with E-state index in [2.05, 4.69) is 13.8 Å². The topological polar surface area (TPSA) is 107 Å². The first-order valence-electron chi connectivity index (χ1n) is 25.0. The van der Waals surface area contributed by atoms with E-state index in [4.69, 9.17) is 29.0 Å². The van der Waals surface area contributed by atoms with Crippen LogP contribution in [0.25, 0.3) is 0 Å². The predicted molar refractivity (Wildman–Crippen MR) is 250 cm³/mol. The van der Waals surface area contributed by atoms with Crippen molar-refractivity contribution in [3.8, 4) is 0 Å². The molecule has 0 N–H and O–H groups in total. The highest BCUT2D eigenvalue weighted by Gasteiger charge is 2.21. The predicted octanol–water partition coefficient (Wildman–Crippen LogP) is 15.8. The van der Waals surface area contributed by atoms with Crippen LogP contribution >= 0.6 is 0 Å². The van der Waals surface area contributed by atoms with Gasteiger partial charge in [-0.2, -0.15) is 9.78 Å². The van der Waals surface area contributed by atoms with Crippen molar-refractivity contribution in [3.05, 3.63) is 70.8 Å². The number of unbranched alkanes of at least 4 members (excludes halogenated alkanes) is 26. The number of hydrogen-bond donors (Lipinski definition) is 0. The lowest BCUT2D eigenvalue weighted by atomic mass is 10.0. The first kappa shape index (κ1) is 54.7. The van der Waals surface area contributed by atoms with Crippen LogP contribution < -0.4 is 0 Å². The Bertz CT molecular complexity index is 1270. The molecule has 0 spiro atoms. The van der Waals surface area contributed by atoms with Gasteiger partial charge in [0.1, 0.15) is 25.4 Å². The molecule has 9 nitrogen and oxygen atoms in total. The molecule has 0 saturated carbocycles. The Labute approximate surface area is 376 Å². The second kappa shape index (κ2) is 38.1. The van der Waals surface area contributed by atoms with E-state index in [1.54, 1.807) is 24.3 Å². The van der Waals surface area contributed by atoms with Crippen LogP contribution in [-0.2, 0) is 29.0 Å². The molecule has 2 aromatic carbocycles. The standard InChI is InChI=1S/C53H86O9/c1-5-7-9-11-13-15-17-19-21-23-25-27-29-31-33-49(59-61-51(54)47-39-35-45(3)36-40-47)43-57-53(56)58-44-50(60-62-52(55)48-41-37-46(4)38-42-48)34-32-30-28-26-24-22-20-18-16-14-12-10-8-6-2/h35-42,49-50H,5-34,43-44H2,1-4H3. The lowest BCUT2D eigenvalue weighted by Crippen LogP contribution is -2.27. The van der Waals surface area contributed by atoms with Crippen molar-refractivity contribution in [2.75, 3.05) is 13.2 Å². The molecule has 0 saturated heterocycles. The number of ether oxygens (including phenoxy) is 2. The van der Waals surface area contributed by atoms with E-state index in [-0.39, 0.29) is 13.2 Å². The smallest absolute Gasteiger partial charge is 0.431 e. The molecular formula is C53H86O9. The van der Waals surface area contributed by atoms with Gasteiger partial charge in [-0.05, 0) is 51.0 Å². The van der Waals surface area contributed by atoms with Crippen molar-refractivity contribution in [1.29, 1.82) is 0 Å². The maximum Gasteiger partial charge on any atom is 0.508 e. The molecule has 0 radical (unpaired) electrons.